The van der Waals surface area contributed by atoms with Crippen molar-refractivity contribution in [2.45, 2.75) is 31.3 Å². The first kappa shape index (κ1) is 5.36. The fourth-order valence-corrected chi connectivity index (χ4v) is 2.58. The van der Waals surface area contributed by atoms with Crippen molar-refractivity contribution in [2.24, 2.45) is 5.92 Å². The summed E-state index contributed by atoms with van der Waals surface area (Å²) in [5.74, 6) is 0.959. The van der Waals surface area contributed by atoms with Gasteiger partial charge in [0.05, 0.1) is 12.6 Å². The number of hydrogen-bond donors (Lipinski definition) is 1. The largest absolute Gasteiger partial charge is 0.326 e. The maximum Gasteiger partial charge on any atom is 0.107 e. The minimum Gasteiger partial charge on any atom is -0.326 e. The Hall–Kier alpha value is -0.300. The lowest BCUT2D eigenvalue weighted by Gasteiger charge is -2.19. The SMILES string of the molecule is C1=C[C@H]2C[C@@H]1C[NH+]2C1CC1. The Morgan fingerprint density at radius 1 is 1.20 bits per heavy atom. The predicted molar refractivity (Wildman–Crippen MR) is 39.9 cm³/mol. The molecule has 10 heavy (non-hydrogen) atoms. The Morgan fingerprint density at radius 3 is 2.60 bits per heavy atom. The minimum absolute atomic E-state index is 0.928. The Morgan fingerprint density at radius 2 is 2.10 bits per heavy atom. The molecule has 1 heterocycles. The monoisotopic (exact) mass is 136 g/mol. The lowest BCUT2D eigenvalue weighted by atomic mass is 10.2. The third-order valence-electron chi connectivity index (χ3n) is 3.25. The van der Waals surface area contributed by atoms with Crippen LogP contribution in [0.25, 0.3) is 0 Å². The smallest absolute Gasteiger partial charge is 0.107 e. The molecule has 1 nitrogen and oxygen atoms in total. The van der Waals surface area contributed by atoms with Crippen LogP contribution in [-0.2, 0) is 0 Å². The molecule has 2 aliphatic carbocycles. The summed E-state index contributed by atoms with van der Waals surface area (Å²) in [6, 6.07) is 2.00. The molecule has 0 aromatic carbocycles. The van der Waals surface area contributed by atoms with Gasteiger partial charge >= 0.3 is 0 Å². The predicted octanol–water partition coefficient (Wildman–Crippen LogP) is -0.00800. The highest BCUT2D eigenvalue weighted by Crippen LogP contribution is 2.25. The first-order chi connectivity index (χ1) is 4.93. The van der Waals surface area contributed by atoms with Crippen LogP contribution < -0.4 is 4.90 Å². The molecule has 3 rings (SSSR count). The summed E-state index contributed by atoms with van der Waals surface area (Å²) in [4.78, 5) is 1.91. The Labute approximate surface area is 61.7 Å². The standard InChI is InChI=1S/C9H13N/c1-2-9-5-7(1)6-10(9)8-3-4-8/h1-2,7-9H,3-6H2/p+1/t7-,9+/m1/s1. The van der Waals surface area contributed by atoms with Crippen molar-refractivity contribution in [2.75, 3.05) is 6.54 Å². The average Bonchev–Trinajstić information content (AvgIpc) is 2.60. The fraction of sp³-hybridized carbons (Fsp3) is 0.778. The number of rotatable bonds is 1. The third kappa shape index (κ3) is 0.615. The lowest BCUT2D eigenvalue weighted by molar-refractivity contribution is -0.919. The number of fused-ring (bicyclic) bond motifs is 2. The normalized spacial score (nSPS) is 50.6. The van der Waals surface area contributed by atoms with Gasteiger partial charge in [0.2, 0.25) is 0 Å². The van der Waals surface area contributed by atoms with Crippen LogP contribution in [-0.4, -0.2) is 18.6 Å². The summed E-state index contributed by atoms with van der Waals surface area (Å²) in [5.41, 5.74) is 0. The molecule has 0 aromatic heterocycles. The molecule has 1 aliphatic heterocycles. The zero-order valence-electron chi connectivity index (χ0n) is 6.22. The van der Waals surface area contributed by atoms with Crippen LogP contribution in [0.1, 0.15) is 19.3 Å². The number of nitrogens with one attached hydrogen (secondary N) is 1. The highest BCUT2D eigenvalue weighted by atomic mass is 15.2. The summed E-state index contributed by atoms with van der Waals surface area (Å²) < 4.78 is 0. The first-order valence-electron chi connectivity index (χ1n) is 4.47. The van der Waals surface area contributed by atoms with Crippen LogP contribution >= 0.6 is 0 Å². The summed E-state index contributed by atoms with van der Waals surface area (Å²) in [7, 11) is 0. The van der Waals surface area contributed by atoms with E-state index in [1.165, 1.54) is 25.8 Å². The maximum absolute atomic E-state index is 2.45. The van der Waals surface area contributed by atoms with Crippen molar-refractivity contribution in [1.82, 2.24) is 0 Å². The van der Waals surface area contributed by atoms with E-state index in [9.17, 15) is 0 Å². The van der Waals surface area contributed by atoms with Gasteiger partial charge in [0.25, 0.3) is 0 Å². The molecule has 0 radical (unpaired) electrons. The van der Waals surface area contributed by atoms with Crippen molar-refractivity contribution < 1.29 is 4.90 Å². The van der Waals surface area contributed by atoms with Gasteiger partial charge < -0.3 is 4.90 Å². The first-order valence-corrected chi connectivity index (χ1v) is 4.47. The second-order valence-corrected chi connectivity index (χ2v) is 4.04. The number of quaternary nitrogens is 1. The van der Waals surface area contributed by atoms with Crippen molar-refractivity contribution in [3.63, 3.8) is 0 Å². The summed E-state index contributed by atoms with van der Waals surface area (Å²) in [6.07, 6.45) is 9.35. The van der Waals surface area contributed by atoms with Crippen LogP contribution in [0.3, 0.4) is 0 Å². The molecular weight excluding hydrogens is 122 g/mol. The Kier molecular flexibility index (Phi) is 0.883. The summed E-state index contributed by atoms with van der Waals surface area (Å²) in [6.45, 7) is 1.45. The summed E-state index contributed by atoms with van der Waals surface area (Å²) in [5, 5.41) is 0. The van der Waals surface area contributed by atoms with Crippen LogP contribution in [0.5, 0.6) is 0 Å². The topological polar surface area (TPSA) is 4.44 Å². The van der Waals surface area contributed by atoms with Crippen LogP contribution in [0.2, 0.25) is 0 Å². The fourth-order valence-electron chi connectivity index (χ4n) is 2.58. The molecule has 3 aliphatic rings. The van der Waals surface area contributed by atoms with E-state index in [1.54, 1.807) is 0 Å². The van der Waals surface area contributed by atoms with Gasteiger partial charge in [0.1, 0.15) is 6.04 Å². The quantitative estimate of drug-likeness (QED) is 0.484. The maximum atomic E-state index is 2.45. The molecule has 0 aromatic rings. The average molecular weight is 136 g/mol. The zero-order valence-corrected chi connectivity index (χ0v) is 6.22. The molecule has 2 bridgehead atoms. The van der Waals surface area contributed by atoms with E-state index < -0.39 is 0 Å². The lowest BCUT2D eigenvalue weighted by Crippen LogP contribution is -3.15. The van der Waals surface area contributed by atoms with E-state index in [0.29, 0.717) is 0 Å². The van der Waals surface area contributed by atoms with E-state index in [-0.39, 0.29) is 0 Å². The van der Waals surface area contributed by atoms with E-state index >= 15 is 0 Å². The molecule has 1 saturated heterocycles. The van der Waals surface area contributed by atoms with Crippen molar-refractivity contribution in [3.8, 4) is 0 Å². The third-order valence-corrected chi connectivity index (χ3v) is 3.25. The number of likely N-dealkylation sites (tertiary alicyclic amines) is 1. The van der Waals surface area contributed by atoms with E-state index in [0.717, 1.165) is 18.0 Å². The van der Waals surface area contributed by atoms with Gasteiger partial charge in [0.15, 0.2) is 0 Å². The van der Waals surface area contributed by atoms with Gasteiger partial charge in [-0.15, -0.1) is 0 Å². The zero-order chi connectivity index (χ0) is 6.55. The molecule has 3 atom stereocenters. The molecule has 1 saturated carbocycles. The van der Waals surface area contributed by atoms with Gasteiger partial charge in [-0.2, -0.15) is 0 Å². The van der Waals surface area contributed by atoms with Crippen molar-refractivity contribution >= 4 is 0 Å². The minimum atomic E-state index is 0.928. The van der Waals surface area contributed by atoms with E-state index in [2.05, 4.69) is 12.2 Å². The van der Waals surface area contributed by atoms with Crippen LogP contribution in [0, 0.1) is 5.92 Å². The molecule has 0 amide bonds. The second kappa shape index (κ2) is 1.65. The molecule has 2 fully saturated rings. The van der Waals surface area contributed by atoms with Gasteiger partial charge in [-0.3, -0.25) is 0 Å². The van der Waals surface area contributed by atoms with Gasteiger partial charge in [-0.25, -0.2) is 0 Å². The number of hydrogen-bond acceptors (Lipinski definition) is 0. The molecular formula is C9H14N+. The molecule has 1 heteroatoms. The molecule has 1 unspecified atom stereocenters. The van der Waals surface area contributed by atoms with Gasteiger partial charge in [0, 0.05) is 25.2 Å². The van der Waals surface area contributed by atoms with Crippen molar-refractivity contribution in [1.29, 1.82) is 0 Å². The Balaban J connectivity index is 1.83. The highest BCUT2D eigenvalue weighted by Gasteiger charge is 2.45. The molecule has 0 spiro atoms. The van der Waals surface area contributed by atoms with Crippen LogP contribution in [0.15, 0.2) is 12.2 Å². The van der Waals surface area contributed by atoms with Gasteiger partial charge in [-0.05, 0) is 6.08 Å². The van der Waals surface area contributed by atoms with Crippen LogP contribution in [0.4, 0.5) is 0 Å². The summed E-state index contributed by atoms with van der Waals surface area (Å²) >= 11 is 0. The highest BCUT2D eigenvalue weighted by molar-refractivity contribution is 5.06. The molecule has 1 N–H and O–H groups in total. The Bertz CT molecular complexity index is 181. The van der Waals surface area contributed by atoms with E-state index in [1.807, 2.05) is 4.90 Å². The van der Waals surface area contributed by atoms with Gasteiger partial charge in [-0.1, -0.05) is 6.08 Å². The van der Waals surface area contributed by atoms with E-state index in [4.69, 9.17) is 0 Å². The molecule has 54 valence electrons. The van der Waals surface area contributed by atoms with Crippen molar-refractivity contribution in [3.05, 3.63) is 12.2 Å². The second-order valence-electron chi connectivity index (χ2n) is 4.04.